The second-order valence-electron chi connectivity index (χ2n) is 7.08. The van der Waals surface area contributed by atoms with Crippen molar-refractivity contribution in [3.63, 3.8) is 0 Å². The van der Waals surface area contributed by atoms with Crippen LogP contribution in [-0.2, 0) is 16.0 Å². The molecule has 0 aromatic heterocycles. The molecule has 0 bridgehead atoms. The summed E-state index contributed by atoms with van der Waals surface area (Å²) < 4.78 is 0. The van der Waals surface area contributed by atoms with Gasteiger partial charge in [-0.25, -0.2) is 0 Å². The van der Waals surface area contributed by atoms with Crippen LogP contribution in [0.1, 0.15) is 76.7 Å². The minimum Gasteiger partial charge on any atom is -0.481 e. The number of carbonyl (C=O) groups excluding carboxylic acids is 1. The molecular weight excluding hydrogens is 326 g/mol. The van der Waals surface area contributed by atoms with Gasteiger partial charge >= 0.3 is 5.97 Å². The molecule has 26 heavy (non-hydrogen) atoms. The number of benzene rings is 1. The van der Waals surface area contributed by atoms with Crippen LogP contribution in [0.3, 0.4) is 0 Å². The van der Waals surface area contributed by atoms with E-state index in [2.05, 4.69) is 12.2 Å². The molecule has 4 heteroatoms. The molecule has 4 nitrogen and oxygen atoms in total. The molecule has 0 saturated heterocycles. The third kappa shape index (κ3) is 10.9. The van der Waals surface area contributed by atoms with Crippen LogP contribution >= 0.6 is 0 Å². The summed E-state index contributed by atoms with van der Waals surface area (Å²) in [6, 6.07) is 9.90. The van der Waals surface area contributed by atoms with Gasteiger partial charge in [-0.3, -0.25) is 9.59 Å². The highest BCUT2D eigenvalue weighted by atomic mass is 16.4. The molecule has 0 aliphatic heterocycles. The van der Waals surface area contributed by atoms with E-state index >= 15 is 0 Å². The second-order valence-corrected chi connectivity index (χ2v) is 7.08. The first-order chi connectivity index (χ1) is 12.6. The molecule has 0 radical (unpaired) electrons. The molecule has 1 amide bonds. The Hall–Kier alpha value is -1.84. The lowest BCUT2D eigenvalue weighted by Gasteiger charge is -2.15. The first kappa shape index (κ1) is 22.2. The van der Waals surface area contributed by atoms with Crippen molar-refractivity contribution < 1.29 is 14.7 Å². The smallest absolute Gasteiger partial charge is 0.304 e. The molecule has 0 saturated carbocycles. The molecule has 2 N–H and O–H groups in total. The van der Waals surface area contributed by atoms with Crippen molar-refractivity contribution in [3.05, 3.63) is 35.9 Å². The van der Waals surface area contributed by atoms with Crippen molar-refractivity contribution in [2.24, 2.45) is 5.92 Å². The molecular formula is C22H35NO3. The van der Waals surface area contributed by atoms with Gasteiger partial charge in [0.25, 0.3) is 0 Å². The molecule has 0 aliphatic rings. The van der Waals surface area contributed by atoms with E-state index in [1.54, 1.807) is 0 Å². The standard InChI is InChI=1S/C22H35NO3/c1-2-3-4-5-6-7-8-12-17-23-22(26)20(18-21(24)25)16-15-19-13-10-9-11-14-19/h9-11,13-14,20H,2-8,12,15-18H2,1H3,(H,23,26)(H,24,25). The Kier molecular flexibility index (Phi) is 12.2. The lowest BCUT2D eigenvalue weighted by molar-refractivity contribution is -0.141. The Morgan fingerprint density at radius 3 is 2.19 bits per heavy atom. The van der Waals surface area contributed by atoms with Gasteiger partial charge in [0.2, 0.25) is 5.91 Å². The van der Waals surface area contributed by atoms with Gasteiger partial charge in [-0.15, -0.1) is 0 Å². The Morgan fingerprint density at radius 2 is 1.58 bits per heavy atom. The molecule has 1 unspecified atom stereocenters. The average Bonchev–Trinajstić information content (AvgIpc) is 2.64. The Bertz CT molecular complexity index is 501. The lowest BCUT2D eigenvalue weighted by atomic mass is 9.95. The van der Waals surface area contributed by atoms with Crippen LogP contribution in [-0.4, -0.2) is 23.5 Å². The monoisotopic (exact) mass is 361 g/mol. The second kappa shape index (κ2) is 14.3. The number of rotatable bonds is 15. The molecule has 1 rings (SSSR count). The minimum absolute atomic E-state index is 0.101. The molecule has 0 spiro atoms. The number of aryl methyl sites for hydroxylation is 1. The predicted molar refractivity (Wildman–Crippen MR) is 106 cm³/mol. The maximum Gasteiger partial charge on any atom is 0.304 e. The first-order valence-electron chi connectivity index (χ1n) is 10.2. The van der Waals surface area contributed by atoms with Crippen LogP contribution in [0.25, 0.3) is 0 Å². The fraction of sp³-hybridized carbons (Fsp3) is 0.636. The quantitative estimate of drug-likeness (QED) is 0.434. The molecule has 1 aromatic rings. The predicted octanol–water partition coefficient (Wildman–Crippen LogP) is 4.97. The highest BCUT2D eigenvalue weighted by Crippen LogP contribution is 2.14. The highest BCUT2D eigenvalue weighted by molar-refractivity contribution is 5.83. The summed E-state index contributed by atoms with van der Waals surface area (Å²) in [5, 5.41) is 12.0. The topological polar surface area (TPSA) is 66.4 Å². The molecule has 1 atom stereocenters. The number of hydrogen-bond donors (Lipinski definition) is 2. The zero-order valence-corrected chi connectivity index (χ0v) is 16.2. The van der Waals surface area contributed by atoms with Crippen LogP contribution in [0.5, 0.6) is 0 Å². The van der Waals surface area contributed by atoms with Crippen molar-refractivity contribution in [1.82, 2.24) is 5.32 Å². The van der Waals surface area contributed by atoms with Crippen LogP contribution in [0, 0.1) is 5.92 Å². The van der Waals surface area contributed by atoms with Crippen LogP contribution in [0.4, 0.5) is 0 Å². The van der Waals surface area contributed by atoms with E-state index in [0.717, 1.165) is 24.8 Å². The summed E-state index contributed by atoms with van der Waals surface area (Å²) in [7, 11) is 0. The number of carboxylic acid groups (broad SMARTS) is 1. The maximum atomic E-state index is 12.3. The van der Waals surface area contributed by atoms with E-state index in [0.29, 0.717) is 13.0 Å². The summed E-state index contributed by atoms with van der Waals surface area (Å²) in [5.41, 5.74) is 1.14. The summed E-state index contributed by atoms with van der Waals surface area (Å²) in [5.74, 6) is -1.49. The number of carbonyl (C=O) groups is 2. The van der Waals surface area contributed by atoms with Crippen molar-refractivity contribution in [3.8, 4) is 0 Å². The van der Waals surface area contributed by atoms with Gasteiger partial charge in [0.15, 0.2) is 0 Å². The molecule has 0 fully saturated rings. The van der Waals surface area contributed by atoms with Gasteiger partial charge < -0.3 is 10.4 Å². The van der Waals surface area contributed by atoms with Gasteiger partial charge in [0, 0.05) is 12.5 Å². The van der Waals surface area contributed by atoms with Crippen molar-refractivity contribution in [1.29, 1.82) is 0 Å². The Balaban J connectivity index is 2.22. The third-order valence-corrected chi connectivity index (χ3v) is 4.75. The van der Waals surface area contributed by atoms with Crippen LogP contribution in [0.2, 0.25) is 0 Å². The van der Waals surface area contributed by atoms with E-state index in [-0.39, 0.29) is 12.3 Å². The van der Waals surface area contributed by atoms with E-state index < -0.39 is 11.9 Å². The molecule has 146 valence electrons. The first-order valence-corrected chi connectivity index (χ1v) is 10.2. The van der Waals surface area contributed by atoms with Gasteiger partial charge in [-0.2, -0.15) is 0 Å². The number of nitrogens with one attached hydrogen (secondary N) is 1. The zero-order valence-electron chi connectivity index (χ0n) is 16.2. The molecule has 1 aromatic carbocycles. The van der Waals surface area contributed by atoms with Crippen LogP contribution < -0.4 is 5.32 Å². The summed E-state index contributed by atoms with van der Waals surface area (Å²) in [4.78, 5) is 23.4. The van der Waals surface area contributed by atoms with E-state index in [1.807, 2.05) is 30.3 Å². The van der Waals surface area contributed by atoms with E-state index in [4.69, 9.17) is 5.11 Å². The van der Waals surface area contributed by atoms with Gasteiger partial charge in [0.05, 0.1) is 6.42 Å². The summed E-state index contributed by atoms with van der Waals surface area (Å²) in [6.07, 6.45) is 11.0. The summed E-state index contributed by atoms with van der Waals surface area (Å²) >= 11 is 0. The van der Waals surface area contributed by atoms with Crippen LogP contribution in [0.15, 0.2) is 30.3 Å². The van der Waals surface area contributed by atoms with Crippen molar-refractivity contribution in [2.75, 3.05) is 6.54 Å². The largest absolute Gasteiger partial charge is 0.481 e. The minimum atomic E-state index is -0.912. The Morgan fingerprint density at radius 1 is 0.962 bits per heavy atom. The average molecular weight is 362 g/mol. The van der Waals surface area contributed by atoms with Gasteiger partial charge in [-0.1, -0.05) is 82.2 Å². The number of aliphatic carboxylic acids is 1. The molecule has 0 aliphatic carbocycles. The number of unbranched alkanes of at least 4 members (excludes halogenated alkanes) is 7. The normalized spacial score (nSPS) is 11.9. The number of amides is 1. The fourth-order valence-electron chi connectivity index (χ4n) is 3.14. The van der Waals surface area contributed by atoms with Gasteiger partial charge in [0.1, 0.15) is 0 Å². The summed E-state index contributed by atoms with van der Waals surface area (Å²) in [6.45, 7) is 2.87. The van der Waals surface area contributed by atoms with Crippen molar-refractivity contribution in [2.45, 2.75) is 77.6 Å². The SMILES string of the molecule is CCCCCCCCCCNC(=O)C(CCc1ccccc1)CC(=O)O. The van der Waals surface area contributed by atoms with E-state index in [1.165, 1.54) is 38.5 Å². The Labute approximate surface area is 158 Å². The van der Waals surface area contributed by atoms with E-state index in [9.17, 15) is 9.59 Å². The maximum absolute atomic E-state index is 12.3. The number of carboxylic acids is 1. The number of hydrogen-bond acceptors (Lipinski definition) is 2. The third-order valence-electron chi connectivity index (χ3n) is 4.75. The van der Waals surface area contributed by atoms with Crippen molar-refractivity contribution >= 4 is 11.9 Å². The highest BCUT2D eigenvalue weighted by Gasteiger charge is 2.21. The fourth-order valence-corrected chi connectivity index (χ4v) is 3.14. The molecule has 0 heterocycles. The van der Waals surface area contributed by atoms with Gasteiger partial charge in [-0.05, 0) is 24.8 Å². The lowest BCUT2D eigenvalue weighted by Crippen LogP contribution is -2.33. The zero-order chi connectivity index (χ0) is 19.0.